The summed E-state index contributed by atoms with van der Waals surface area (Å²) < 4.78 is 10.5. The van der Waals surface area contributed by atoms with E-state index >= 15 is 0 Å². The van der Waals surface area contributed by atoms with E-state index in [1.54, 1.807) is 29.2 Å². The highest BCUT2D eigenvalue weighted by Crippen LogP contribution is 2.41. The van der Waals surface area contributed by atoms with Gasteiger partial charge in [-0.15, -0.1) is 6.58 Å². The number of phenols is 1. The number of nitrogens with zero attached hydrogens (tertiary/aromatic N) is 1. The SMILES string of the molecule is C=CCN1C(=O)c2ccccc2NC1c1cc(OC)c(O)c(OC)c1. The van der Waals surface area contributed by atoms with Crippen LogP contribution < -0.4 is 14.8 Å². The third-order valence-corrected chi connectivity index (χ3v) is 4.17. The first-order valence-electron chi connectivity index (χ1n) is 7.83. The molecular formula is C19H20N2O4. The monoisotopic (exact) mass is 340 g/mol. The predicted octanol–water partition coefficient (Wildman–Crippen LogP) is 3.16. The summed E-state index contributed by atoms with van der Waals surface area (Å²) in [6.07, 6.45) is 1.24. The van der Waals surface area contributed by atoms with E-state index in [0.717, 1.165) is 11.3 Å². The molecule has 130 valence electrons. The zero-order valence-corrected chi connectivity index (χ0v) is 14.2. The predicted molar refractivity (Wildman–Crippen MR) is 95.3 cm³/mol. The third kappa shape index (κ3) is 2.87. The summed E-state index contributed by atoms with van der Waals surface area (Å²) in [5.41, 5.74) is 2.10. The summed E-state index contributed by atoms with van der Waals surface area (Å²) in [4.78, 5) is 14.6. The number of anilines is 1. The number of para-hydroxylation sites is 1. The van der Waals surface area contributed by atoms with E-state index in [9.17, 15) is 9.90 Å². The number of nitrogens with one attached hydrogen (secondary N) is 1. The summed E-state index contributed by atoms with van der Waals surface area (Å²) in [6, 6.07) is 10.7. The second-order valence-electron chi connectivity index (χ2n) is 5.61. The fourth-order valence-electron chi connectivity index (χ4n) is 2.95. The van der Waals surface area contributed by atoms with Crippen molar-refractivity contribution in [1.29, 1.82) is 0 Å². The van der Waals surface area contributed by atoms with Crippen LogP contribution in [0.1, 0.15) is 22.1 Å². The molecule has 1 atom stereocenters. The average Bonchev–Trinajstić information content (AvgIpc) is 2.64. The Morgan fingerprint density at radius 1 is 1.24 bits per heavy atom. The van der Waals surface area contributed by atoms with Crippen LogP contribution in [0.5, 0.6) is 17.2 Å². The van der Waals surface area contributed by atoms with Gasteiger partial charge in [0, 0.05) is 17.8 Å². The van der Waals surface area contributed by atoms with Gasteiger partial charge in [-0.3, -0.25) is 4.79 Å². The molecule has 0 radical (unpaired) electrons. The Hall–Kier alpha value is -3.15. The lowest BCUT2D eigenvalue weighted by Gasteiger charge is -2.37. The molecule has 1 aliphatic rings. The zero-order valence-electron chi connectivity index (χ0n) is 14.2. The zero-order chi connectivity index (χ0) is 18.0. The lowest BCUT2D eigenvalue weighted by molar-refractivity contribution is 0.0707. The van der Waals surface area contributed by atoms with E-state index in [1.807, 2.05) is 18.2 Å². The minimum Gasteiger partial charge on any atom is -0.502 e. The number of benzene rings is 2. The summed E-state index contributed by atoms with van der Waals surface area (Å²) in [7, 11) is 2.93. The van der Waals surface area contributed by atoms with Crippen molar-refractivity contribution in [3.05, 3.63) is 60.2 Å². The van der Waals surface area contributed by atoms with Crippen molar-refractivity contribution in [2.75, 3.05) is 26.1 Å². The van der Waals surface area contributed by atoms with Gasteiger partial charge in [-0.05, 0) is 24.3 Å². The molecule has 25 heavy (non-hydrogen) atoms. The van der Waals surface area contributed by atoms with E-state index < -0.39 is 6.17 Å². The number of amides is 1. The third-order valence-electron chi connectivity index (χ3n) is 4.17. The van der Waals surface area contributed by atoms with Gasteiger partial charge >= 0.3 is 0 Å². The number of fused-ring (bicyclic) bond motifs is 1. The maximum atomic E-state index is 12.9. The van der Waals surface area contributed by atoms with Gasteiger partial charge in [-0.2, -0.15) is 0 Å². The molecule has 0 saturated carbocycles. The van der Waals surface area contributed by atoms with Crippen molar-refractivity contribution in [3.8, 4) is 17.2 Å². The number of hydrogen-bond donors (Lipinski definition) is 2. The normalized spacial score (nSPS) is 16.0. The van der Waals surface area contributed by atoms with Crippen molar-refractivity contribution in [1.82, 2.24) is 4.90 Å². The molecule has 0 aromatic heterocycles. The largest absolute Gasteiger partial charge is 0.502 e. The number of carbonyl (C=O) groups is 1. The molecule has 2 aromatic carbocycles. The van der Waals surface area contributed by atoms with Crippen LogP contribution in [0.3, 0.4) is 0 Å². The molecule has 1 heterocycles. The second kappa shape index (κ2) is 6.76. The molecule has 0 spiro atoms. The van der Waals surface area contributed by atoms with Gasteiger partial charge < -0.3 is 24.8 Å². The standard InChI is InChI=1S/C19H20N2O4/c1-4-9-21-18(20-14-8-6-5-7-13(14)19(21)23)12-10-15(24-2)17(22)16(11-12)25-3/h4-8,10-11,18,20,22H,1,9H2,2-3H3. The van der Waals surface area contributed by atoms with Gasteiger partial charge in [0.05, 0.1) is 19.8 Å². The maximum absolute atomic E-state index is 12.9. The Labute approximate surface area is 146 Å². The highest BCUT2D eigenvalue weighted by atomic mass is 16.5. The van der Waals surface area contributed by atoms with E-state index in [-0.39, 0.29) is 23.2 Å². The van der Waals surface area contributed by atoms with Crippen molar-refractivity contribution in [2.24, 2.45) is 0 Å². The molecule has 1 unspecified atom stereocenters. The minimum atomic E-state index is -0.441. The first kappa shape index (κ1) is 16.7. The number of methoxy groups -OCH3 is 2. The van der Waals surface area contributed by atoms with Crippen LogP contribution in [-0.4, -0.2) is 36.7 Å². The van der Waals surface area contributed by atoms with E-state index in [2.05, 4.69) is 11.9 Å². The molecule has 0 bridgehead atoms. The molecule has 1 aliphatic heterocycles. The molecule has 0 saturated heterocycles. The first-order chi connectivity index (χ1) is 12.1. The number of aromatic hydroxyl groups is 1. The van der Waals surface area contributed by atoms with Gasteiger partial charge in [-0.1, -0.05) is 18.2 Å². The first-order valence-corrected chi connectivity index (χ1v) is 7.83. The van der Waals surface area contributed by atoms with Gasteiger partial charge in [0.1, 0.15) is 6.17 Å². The van der Waals surface area contributed by atoms with Crippen LogP contribution >= 0.6 is 0 Å². The van der Waals surface area contributed by atoms with E-state index in [1.165, 1.54) is 14.2 Å². The van der Waals surface area contributed by atoms with Crippen LogP contribution in [0.2, 0.25) is 0 Å². The Morgan fingerprint density at radius 3 is 2.48 bits per heavy atom. The van der Waals surface area contributed by atoms with Crippen molar-refractivity contribution in [2.45, 2.75) is 6.17 Å². The Balaban J connectivity index is 2.11. The van der Waals surface area contributed by atoms with Crippen LogP contribution in [0.4, 0.5) is 5.69 Å². The van der Waals surface area contributed by atoms with Crippen LogP contribution in [0.15, 0.2) is 49.1 Å². The summed E-state index contributed by atoms with van der Waals surface area (Å²) in [6.45, 7) is 4.12. The number of carbonyl (C=O) groups excluding carboxylic acids is 1. The molecule has 2 N–H and O–H groups in total. The fraction of sp³-hybridized carbons (Fsp3) is 0.211. The molecular weight excluding hydrogens is 320 g/mol. The van der Waals surface area contributed by atoms with Crippen molar-refractivity contribution >= 4 is 11.6 Å². The van der Waals surface area contributed by atoms with Crippen LogP contribution in [-0.2, 0) is 0 Å². The molecule has 6 nitrogen and oxygen atoms in total. The minimum absolute atomic E-state index is 0.0773. The number of ether oxygens (including phenoxy) is 2. The van der Waals surface area contributed by atoms with E-state index in [4.69, 9.17) is 9.47 Å². The molecule has 6 heteroatoms. The molecule has 2 aromatic rings. The summed E-state index contributed by atoms with van der Waals surface area (Å²) in [5, 5.41) is 13.5. The molecule has 3 rings (SSSR count). The smallest absolute Gasteiger partial charge is 0.258 e. The number of hydrogen-bond acceptors (Lipinski definition) is 5. The van der Waals surface area contributed by atoms with Gasteiger partial charge in [0.25, 0.3) is 5.91 Å². The van der Waals surface area contributed by atoms with Crippen molar-refractivity contribution in [3.63, 3.8) is 0 Å². The summed E-state index contributed by atoms with van der Waals surface area (Å²) >= 11 is 0. The van der Waals surface area contributed by atoms with Crippen LogP contribution in [0.25, 0.3) is 0 Å². The molecule has 1 amide bonds. The quantitative estimate of drug-likeness (QED) is 0.818. The highest BCUT2D eigenvalue weighted by molar-refractivity contribution is 6.01. The topological polar surface area (TPSA) is 71.0 Å². The second-order valence-corrected chi connectivity index (χ2v) is 5.61. The lowest BCUT2D eigenvalue weighted by Crippen LogP contribution is -2.43. The number of phenolic OH excluding ortho intramolecular Hbond substituents is 1. The van der Waals surface area contributed by atoms with Gasteiger partial charge in [0.15, 0.2) is 11.5 Å². The maximum Gasteiger partial charge on any atom is 0.258 e. The molecule has 0 fully saturated rings. The molecule has 0 aliphatic carbocycles. The fourth-order valence-corrected chi connectivity index (χ4v) is 2.95. The Morgan fingerprint density at radius 2 is 1.88 bits per heavy atom. The van der Waals surface area contributed by atoms with E-state index in [0.29, 0.717) is 12.1 Å². The number of rotatable bonds is 5. The Kier molecular flexibility index (Phi) is 4.52. The van der Waals surface area contributed by atoms with Gasteiger partial charge in [0.2, 0.25) is 5.75 Å². The summed E-state index contributed by atoms with van der Waals surface area (Å²) in [5.74, 6) is 0.388. The lowest BCUT2D eigenvalue weighted by atomic mass is 10.0. The Bertz CT molecular complexity index is 794. The average molecular weight is 340 g/mol. The highest BCUT2D eigenvalue weighted by Gasteiger charge is 2.33. The van der Waals surface area contributed by atoms with Gasteiger partial charge in [-0.25, -0.2) is 0 Å². The van der Waals surface area contributed by atoms with Crippen LogP contribution in [0, 0.1) is 0 Å². The van der Waals surface area contributed by atoms with Crippen molar-refractivity contribution < 1.29 is 19.4 Å².